The zero-order valence-electron chi connectivity index (χ0n) is 15.8. The fraction of sp³-hybridized carbons (Fsp3) is 0.150. The van der Waals surface area contributed by atoms with Crippen molar-refractivity contribution in [2.24, 2.45) is 5.10 Å². The van der Waals surface area contributed by atoms with Crippen LogP contribution >= 0.6 is 0 Å². The Bertz CT molecular complexity index is 952. The molecule has 2 aromatic carbocycles. The fourth-order valence-electron chi connectivity index (χ4n) is 2.59. The summed E-state index contributed by atoms with van der Waals surface area (Å²) >= 11 is 0. The third-order valence-corrected chi connectivity index (χ3v) is 3.86. The largest absolute Gasteiger partial charge is 0.493 e. The lowest BCUT2D eigenvalue weighted by Crippen LogP contribution is -2.01. The van der Waals surface area contributed by atoms with Gasteiger partial charge >= 0.3 is 0 Å². The number of nitrogens with zero attached hydrogens (tertiary/aromatic N) is 3. The fourth-order valence-corrected chi connectivity index (χ4v) is 2.59. The van der Waals surface area contributed by atoms with Crippen molar-refractivity contribution in [2.45, 2.75) is 0 Å². The number of rotatable bonds is 7. The van der Waals surface area contributed by atoms with Gasteiger partial charge in [-0.3, -0.25) is 5.43 Å². The van der Waals surface area contributed by atoms with E-state index in [1.165, 1.54) is 0 Å². The van der Waals surface area contributed by atoms with Gasteiger partial charge < -0.3 is 19.9 Å². The van der Waals surface area contributed by atoms with E-state index in [1.54, 1.807) is 45.7 Å². The van der Waals surface area contributed by atoms with Crippen molar-refractivity contribution in [1.82, 2.24) is 9.97 Å². The van der Waals surface area contributed by atoms with Gasteiger partial charge in [-0.15, -0.1) is 0 Å². The minimum Gasteiger partial charge on any atom is -0.493 e. The zero-order chi connectivity index (χ0) is 19.9. The van der Waals surface area contributed by atoms with E-state index in [-0.39, 0.29) is 0 Å². The summed E-state index contributed by atoms with van der Waals surface area (Å²) in [6, 6.07) is 14.8. The summed E-state index contributed by atoms with van der Waals surface area (Å²) in [5.41, 5.74) is 10.4. The molecule has 0 atom stereocenters. The van der Waals surface area contributed by atoms with Crippen LogP contribution in [0.15, 0.2) is 53.6 Å². The predicted molar refractivity (Wildman–Crippen MR) is 109 cm³/mol. The zero-order valence-corrected chi connectivity index (χ0v) is 15.8. The van der Waals surface area contributed by atoms with Gasteiger partial charge in [-0.25, -0.2) is 9.97 Å². The molecule has 0 bridgehead atoms. The molecule has 144 valence electrons. The summed E-state index contributed by atoms with van der Waals surface area (Å²) in [6.07, 6.45) is 1.62. The van der Waals surface area contributed by atoms with E-state index in [2.05, 4.69) is 20.5 Å². The Morgan fingerprint density at radius 3 is 2.21 bits per heavy atom. The van der Waals surface area contributed by atoms with Crippen molar-refractivity contribution >= 4 is 17.9 Å². The highest BCUT2D eigenvalue weighted by molar-refractivity contribution is 5.83. The number of hydrogen-bond acceptors (Lipinski definition) is 8. The second kappa shape index (κ2) is 8.72. The molecule has 3 aromatic rings. The summed E-state index contributed by atoms with van der Waals surface area (Å²) in [4.78, 5) is 8.71. The molecule has 1 aromatic heterocycles. The van der Waals surface area contributed by atoms with E-state index in [4.69, 9.17) is 19.9 Å². The number of benzene rings is 2. The van der Waals surface area contributed by atoms with Crippen LogP contribution in [0.3, 0.4) is 0 Å². The van der Waals surface area contributed by atoms with Gasteiger partial charge in [0.2, 0.25) is 5.75 Å². The highest BCUT2D eigenvalue weighted by Crippen LogP contribution is 2.37. The molecular formula is C20H21N5O3. The topological polar surface area (TPSA) is 104 Å². The van der Waals surface area contributed by atoms with Crippen LogP contribution in [0.4, 0.5) is 11.6 Å². The van der Waals surface area contributed by atoms with Crippen LogP contribution < -0.4 is 25.4 Å². The van der Waals surface area contributed by atoms with Gasteiger partial charge in [-0.2, -0.15) is 5.10 Å². The monoisotopic (exact) mass is 379 g/mol. The van der Waals surface area contributed by atoms with Gasteiger partial charge in [0, 0.05) is 17.2 Å². The first-order valence-corrected chi connectivity index (χ1v) is 8.43. The number of nitrogens with one attached hydrogen (secondary N) is 1. The molecule has 0 unspecified atom stereocenters. The average Bonchev–Trinajstić information content (AvgIpc) is 2.73. The molecule has 0 aliphatic heterocycles. The van der Waals surface area contributed by atoms with Crippen molar-refractivity contribution in [3.63, 3.8) is 0 Å². The Labute approximate surface area is 163 Å². The molecule has 0 amide bonds. The van der Waals surface area contributed by atoms with Crippen molar-refractivity contribution in [1.29, 1.82) is 0 Å². The first kappa shape index (κ1) is 19.0. The van der Waals surface area contributed by atoms with Gasteiger partial charge in [-0.05, 0) is 12.1 Å². The Balaban J connectivity index is 1.82. The van der Waals surface area contributed by atoms with Crippen LogP contribution in [0.2, 0.25) is 0 Å². The first-order valence-electron chi connectivity index (χ1n) is 8.43. The minimum absolute atomic E-state index is 0.347. The number of methoxy groups -OCH3 is 3. The van der Waals surface area contributed by atoms with E-state index < -0.39 is 0 Å². The number of nitrogen functional groups attached to an aromatic ring is 1. The number of hydrogen-bond donors (Lipinski definition) is 2. The summed E-state index contributed by atoms with van der Waals surface area (Å²) in [5.74, 6) is 2.95. The standard InChI is InChI=1S/C20H21N5O3/c1-26-15-9-13(10-16(27-2)19(15)28-3)12-22-25-18-11-17(21)23-20(24-18)14-7-5-4-6-8-14/h4-12H,1-3H3,(H3,21,23,24,25)/b22-12+. The highest BCUT2D eigenvalue weighted by atomic mass is 16.5. The molecule has 28 heavy (non-hydrogen) atoms. The molecule has 0 fully saturated rings. The summed E-state index contributed by atoms with van der Waals surface area (Å²) in [5, 5.41) is 4.22. The van der Waals surface area contributed by atoms with Crippen molar-refractivity contribution in [3.05, 3.63) is 54.1 Å². The molecule has 8 nitrogen and oxygen atoms in total. The number of aromatic nitrogens is 2. The molecular weight excluding hydrogens is 358 g/mol. The lowest BCUT2D eigenvalue weighted by Gasteiger charge is -2.12. The maximum Gasteiger partial charge on any atom is 0.203 e. The molecule has 3 rings (SSSR count). The smallest absolute Gasteiger partial charge is 0.203 e. The molecule has 3 N–H and O–H groups in total. The van der Waals surface area contributed by atoms with E-state index in [0.29, 0.717) is 34.7 Å². The summed E-state index contributed by atoms with van der Waals surface area (Å²) in [7, 11) is 4.68. The molecule has 0 saturated heterocycles. The summed E-state index contributed by atoms with van der Waals surface area (Å²) < 4.78 is 16.0. The Kier molecular flexibility index (Phi) is 5.91. The maximum atomic E-state index is 5.90. The second-order valence-electron chi connectivity index (χ2n) is 5.70. The average molecular weight is 379 g/mol. The SMILES string of the molecule is COc1cc(/C=N/Nc2cc(N)nc(-c3ccccc3)n2)cc(OC)c1OC. The van der Waals surface area contributed by atoms with Gasteiger partial charge in [-0.1, -0.05) is 30.3 Å². The predicted octanol–water partition coefficient (Wildman–Crippen LogP) is 3.20. The van der Waals surface area contributed by atoms with Crippen LogP contribution in [0.1, 0.15) is 5.56 Å². The molecule has 0 saturated carbocycles. The maximum absolute atomic E-state index is 5.90. The number of anilines is 2. The van der Waals surface area contributed by atoms with Crippen LogP contribution in [-0.4, -0.2) is 37.5 Å². The molecule has 8 heteroatoms. The van der Waals surface area contributed by atoms with E-state index in [0.717, 1.165) is 11.1 Å². The molecule has 0 aliphatic rings. The van der Waals surface area contributed by atoms with Gasteiger partial charge in [0.25, 0.3) is 0 Å². The lowest BCUT2D eigenvalue weighted by molar-refractivity contribution is 0.324. The van der Waals surface area contributed by atoms with Gasteiger partial charge in [0.1, 0.15) is 5.82 Å². The van der Waals surface area contributed by atoms with Crippen LogP contribution in [0, 0.1) is 0 Å². The van der Waals surface area contributed by atoms with Crippen LogP contribution in [0.25, 0.3) is 11.4 Å². The van der Waals surface area contributed by atoms with E-state index >= 15 is 0 Å². The van der Waals surface area contributed by atoms with Crippen molar-refractivity contribution < 1.29 is 14.2 Å². The highest BCUT2D eigenvalue weighted by Gasteiger charge is 2.12. The van der Waals surface area contributed by atoms with Crippen molar-refractivity contribution in [3.8, 4) is 28.6 Å². The number of ether oxygens (including phenoxy) is 3. The molecule has 0 aliphatic carbocycles. The minimum atomic E-state index is 0.347. The first-order chi connectivity index (χ1) is 13.6. The summed E-state index contributed by atoms with van der Waals surface area (Å²) in [6.45, 7) is 0. The van der Waals surface area contributed by atoms with Crippen LogP contribution in [-0.2, 0) is 0 Å². The number of nitrogens with two attached hydrogens (primary N) is 1. The van der Waals surface area contributed by atoms with E-state index in [9.17, 15) is 0 Å². The number of hydrazone groups is 1. The Morgan fingerprint density at radius 1 is 0.929 bits per heavy atom. The quantitative estimate of drug-likeness (QED) is 0.480. The van der Waals surface area contributed by atoms with Crippen molar-refractivity contribution in [2.75, 3.05) is 32.5 Å². The normalized spacial score (nSPS) is 10.7. The molecule has 0 radical (unpaired) electrons. The van der Waals surface area contributed by atoms with E-state index in [1.807, 2.05) is 30.3 Å². The third kappa shape index (κ3) is 4.29. The third-order valence-electron chi connectivity index (χ3n) is 3.86. The van der Waals surface area contributed by atoms with Gasteiger partial charge in [0.05, 0.1) is 27.5 Å². The Hall–Kier alpha value is -3.81. The second-order valence-corrected chi connectivity index (χ2v) is 5.70. The lowest BCUT2D eigenvalue weighted by atomic mass is 10.2. The molecule has 1 heterocycles. The van der Waals surface area contributed by atoms with Crippen LogP contribution in [0.5, 0.6) is 17.2 Å². The molecule has 0 spiro atoms. The Morgan fingerprint density at radius 2 is 1.61 bits per heavy atom. The van der Waals surface area contributed by atoms with Gasteiger partial charge in [0.15, 0.2) is 23.1 Å².